The SMILES string of the molecule is O=c1sc2ccccc2n1CCN1CCCCCC1. The summed E-state index contributed by atoms with van der Waals surface area (Å²) in [5.74, 6) is 0. The Labute approximate surface area is 117 Å². The standard InChI is InChI=1S/C15H20N2OS/c18-15-17(13-7-3-4-8-14(13)19-15)12-11-16-9-5-1-2-6-10-16/h3-4,7-8H,1-2,5-6,9-12H2. The Balaban J connectivity index is 1.74. The first-order chi connectivity index (χ1) is 9.34. The zero-order chi connectivity index (χ0) is 13.1. The van der Waals surface area contributed by atoms with Crippen molar-refractivity contribution >= 4 is 21.6 Å². The van der Waals surface area contributed by atoms with Crippen molar-refractivity contribution < 1.29 is 0 Å². The molecule has 1 aliphatic rings. The molecule has 2 heterocycles. The van der Waals surface area contributed by atoms with Crippen LogP contribution < -0.4 is 4.87 Å². The molecule has 0 atom stereocenters. The van der Waals surface area contributed by atoms with Crippen molar-refractivity contribution in [1.29, 1.82) is 0 Å². The van der Waals surface area contributed by atoms with Gasteiger partial charge in [-0.25, -0.2) is 0 Å². The van der Waals surface area contributed by atoms with Crippen LogP contribution in [0.3, 0.4) is 0 Å². The molecule has 3 nitrogen and oxygen atoms in total. The highest BCUT2D eigenvalue weighted by molar-refractivity contribution is 7.16. The fourth-order valence-electron chi connectivity index (χ4n) is 2.83. The second-order valence-electron chi connectivity index (χ2n) is 5.24. The van der Waals surface area contributed by atoms with Crippen LogP contribution in [0.25, 0.3) is 10.2 Å². The molecule has 0 N–H and O–H groups in total. The maximum absolute atomic E-state index is 12.0. The summed E-state index contributed by atoms with van der Waals surface area (Å²) in [6, 6.07) is 8.09. The fourth-order valence-corrected chi connectivity index (χ4v) is 3.74. The molecule has 1 fully saturated rings. The van der Waals surface area contributed by atoms with Gasteiger partial charge in [0, 0.05) is 13.1 Å². The van der Waals surface area contributed by atoms with E-state index in [-0.39, 0.29) is 4.87 Å². The second-order valence-corrected chi connectivity index (χ2v) is 6.24. The summed E-state index contributed by atoms with van der Waals surface area (Å²) in [6.07, 6.45) is 5.33. The molecule has 1 aromatic carbocycles. The normalized spacial score (nSPS) is 17.7. The van der Waals surface area contributed by atoms with Crippen molar-refractivity contribution in [2.24, 2.45) is 0 Å². The first-order valence-corrected chi connectivity index (χ1v) is 7.97. The van der Waals surface area contributed by atoms with Crippen LogP contribution in [0.4, 0.5) is 0 Å². The number of aromatic nitrogens is 1. The largest absolute Gasteiger partial charge is 0.308 e. The van der Waals surface area contributed by atoms with Crippen LogP contribution in [-0.2, 0) is 6.54 Å². The quantitative estimate of drug-likeness (QED) is 0.861. The summed E-state index contributed by atoms with van der Waals surface area (Å²) in [6.45, 7) is 4.21. The van der Waals surface area contributed by atoms with Crippen LogP contribution in [0, 0.1) is 0 Å². The number of hydrogen-bond donors (Lipinski definition) is 0. The molecule has 0 aliphatic carbocycles. The molecular formula is C15H20N2OS. The predicted octanol–water partition coefficient (Wildman–Crippen LogP) is 2.94. The van der Waals surface area contributed by atoms with E-state index in [1.165, 1.54) is 50.1 Å². The van der Waals surface area contributed by atoms with Crippen LogP contribution in [-0.4, -0.2) is 29.1 Å². The number of hydrogen-bond acceptors (Lipinski definition) is 3. The molecule has 1 aromatic heterocycles. The van der Waals surface area contributed by atoms with Crippen molar-refractivity contribution in [1.82, 2.24) is 9.47 Å². The lowest BCUT2D eigenvalue weighted by molar-refractivity contribution is 0.274. The Morgan fingerprint density at radius 3 is 2.53 bits per heavy atom. The van der Waals surface area contributed by atoms with E-state index in [4.69, 9.17) is 0 Å². The maximum Gasteiger partial charge on any atom is 0.308 e. The zero-order valence-corrected chi connectivity index (χ0v) is 12.0. The van der Waals surface area contributed by atoms with Gasteiger partial charge >= 0.3 is 4.87 Å². The van der Waals surface area contributed by atoms with Gasteiger partial charge in [0.2, 0.25) is 0 Å². The molecule has 19 heavy (non-hydrogen) atoms. The highest BCUT2D eigenvalue weighted by Gasteiger charge is 2.11. The van der Waals surface area contributed by atoms with Crippen molar-refractivity contribution in [3.05, 3.63) is 33.9 Å². The van der Waals surface area contributed by atoms with Gasteiger partial charge < -0.3 is 4.90 Å². The van der Waals surface area contributed by atoms with Gasteiger partial charge in [-0.3, -0.25) is 9.36 Å². The Kier molecular flexibility index (Phi) is 3.99. The van der Waals surface area contributed by atoms with Crippen molar-refractivity contribution in [2.45, 2.75) is 32.2 Å². The first kappa shape index (κ1) is 12.9. The van der Waals surface area contributed by atoms with E-state index in [2.05, 4.69) is 11.0 Å². The highest BCUT2D eigenvalue weighted by Crippen LogP contribution is 2.16. The van der Waals surface area contributed by atoms with Gasteiger partial charge in [-0.05, 0) is 38.1 Å². The number of nitrogens with zero attached hydrogens (tertiary/aromatic N) is 2. The first-order valence-electron chi connectivity index (χ1n) is 7.15. The maximum atomic E-state index is 12.0. The third-order valence-electron chi connectivity index (χ3n) is 3.91. The van der Waals surface area contributed by atoms with E-state index >= 15 is 0 Å². The molecule has 0 saturated carbocycles. The highest BCUT2D eigenvalue weighted by atomic mass is 32.1. The van der Waals surface area contributed by atoms with Gasteiger partial charge in [-0.2, -0.15) is 0 Å². The molecule has 2 aromatic rings. The minimum absolute atomic E-state index is 0.177. The van der Waals surface area contributed by atoms with Crippen LogP contribution >= 0.6 is 11.3 Å². The third kappa shape index (κ3) is 2.90. The van der Waals surface area contributed by atoms with Gasteiger partial charge in [-0.15, -0.1) is 0 Å². The smallest absolute Gasteiger partial charge is 0.302 e. The van der Waals surface area contributed by atoms with Crippen molar-refractivity contribution in [3.8, 4) is 0 Å². The van der Waals surface area contributed by atoms with Crippen LogP contribution in [0.5, 0.6) is 0 Å². The van der Waals surface area contributed by atoms with Crippen LogP contribution in [0.1, 0.15) is 25.7 Å². The van der Waals surface area contributed by atoms with Gasteiger partial charge in [0.25, 0.3) is 0 Å². The van der Waals surface area contributed by atoms with Crippen molar-refractivity contribution in [3.63, 3.8) is 0 Å². The van der Waals surface area contributed by atoms with Crippen LogP contribution in [0.15, 0.2) is 29.1 Å². The van der Waals surface area contributed by atoms with E-state index < -0.39 is 0 Å². The summed E-state index contributed by atoms with van der Waals surface area (Å²) in [4.78, 5) is 14.7. The summed E-state index contributed by atoms with van der Waals surface area (Å²) in [5, 5.41) is 0. The van der Waals surface area contributed by atoms with E-state index in [1.807, 2.05) is 22.8 Å². The molecule has 1 aliphatic heterocycles. The average molecular weight is 276 g/mol. The minimum Gasteiger partial charge on any atom is -0.302 e. The molecule has 4 heteroatoms. The summed E-state index contributed by atoms with van der Waals surface area (Å²) < 4.78 is 3.04. The molecule has 102 valence electrons. The van der Waals surface area contributed by atoms with E-state index in [0.717, 1.165) is 23.3 Å². The molecule has 0 amide bonds. The van der Waals surface area contributed by atoms with Gasteiger partial charge in [-0.1, -0.05) is 36.3 Å². The van der Waals surface area contributed by atoms with Gasteiger partial charge in [0.1, 0.15) is 0 Å². The number of likely N-dealkylation sites (tertiary alicyclic amines) is 1. The summed E-state index contributed by atoms with van der Waals surface area (Å²) in [5.41, 5.74) is 1.09. The lowest BCUT2D eigenvalue weighted by atomic mass is 10.2. The Bertz CT molecular complexity index is 593. The Morgan fingerprint density at radius 2 is 1.74 bits per heavy atom. The number of benzene rings is 1. The monoisotopic (exact) mass is 276 g/mol. The van der Waals surface area contributed by atoms with Crippen molar-refractivity contribution in [2.75, 3.05) is 19.6 Å². The van der Waals surface area contributed by atoms with E-state index in [9.17, 15) is 4.79 Å². The Morgan fingerprint density at radius 1 is 1.00 bits per heavy atom. The lowest BCUT2D eigenvalue weighted by Crippen LogP contribution is -2.30. The molecule has 1 saturated heterocycles. The van der Waals surface area contributed by atoms with Gasteiger partial charge in [0.05, 0.1) is 10.2 Å². The molecule has 0 radical (unpaired) electrons. The minimum atomic E-state index is 0.177. The predicted molar refractivity (Wildman–Crippen MR) is 81.0 cm³/mol. The molecule has 0 spiro atoms. The van der Waals surface area contributed by atoms with Gasteiger partial charge in [0.15, 0.2) is 0 Å². The molecule has 3 rings (SSSR count). The Hall–Kier alpha value is -1.13. The van der Waals surface area contributed by atoms with Crippen LogP contribution in [0.2, 0.25) is 0 Å². The average Bonchev–Trinajstić information content (AvgIpc) is 2.61. The lowest BCUT2D eigenvalue weighted by Gasteiger charge is -2.19. The molecular weight excluding hydrogens is 256 g/mol. The zero-order valence-electron chi connectivity index (χ0n) is 11.2. The number of fused-ring (bicyclic) bond motifs is 1. The fraction of sp³-hybridized carbons (Fsp3) is 0.533. The third-order valence-corrected chi connectivity index (χ3v) is 4.87. The second kappa shape index (κ2) is 5.88. The topological polar surface area (TPSA) is 25.2 Å². The van der Waals surface area contributed by atoms with E-state index in [0.29, 0.717) is 0 Å². The number of thiazole rings is 1. The number of para-hydroxylation sites is 1. The summed E-state index contributed by atoms with van der Waals surface area (Å²) >= 11 is 1.36. The molecule has 0 bridgehead atoms. The summed E-state index contributed by atoms with van der Waals surface area (Å²) in [7, 11) is 0. The van der Waals surface area contributed by atoms with E-state index in [1.54, 1.807) is 0 Å². The molecule has 0 unspecified atom stereocenters. The number of rotatable bonds is 3.